The Balaban J connectivity index is 2.06. The van der Waals surface area contributed by atoms with Gasteiger partial charge >= 0.3 is 0 Å². The highest BCUT2D eigenvalue weighted by atomic mass is 35.5. The highest BCUT2D eigenvalue weighted by Gasteiger charge is 2.05. The van der Waals surface area contributed by atoms with Crippen LogP contribution in [0.1, 0.15) is 5.56 Å². The van der Waals surface area contributed by atoms with Crippen molar-refractivity contribution in [2.24, 2.45) is 0 Å². The predicted molar refractivity (Wildman–Crippen MR) is 75.5 cm³/mol. The highest BCUT2D eigenvalue weighted by molar-refractivity contribution is 6.30. The summed E-state index contributed by atoms with van der Waals surface area (Å²) in [6.07, 6.45) is 2.99. The average molecular weight is 276 g/mol. The number of rotatable bonds is 3. The van der Waals surface area contributed by atoms with Gasteiger partial charge < -0.3 is 5.32 Å². The fourth-order valence-corrected chi connectivity index (χ4v) is 1.68. The van der Waals surface area contributed by atoms with Crippen molar-refractivity contribution in [1.29, 1.82) is 0 Å². The van der Waals surface area contributed by atoms with Crippen LogP contribution in [0.25, 0.3) is 6.08 Å². The fourth-order valence-electron chi connectivity index (χ4n) is 1.50. The zero-order chi connectivity index (χ0) is 13.7. The van der Waals surface area contributed by atoms with Gasteiger partial charge in [-0.05, 0) is 29.8 Å². The first-order chi connectivity index (χ1) is 9.15. The van der Waals surface area contributed by atoms with Crippen LogP contribution in [0.15, 0.2) is 54.6 Å². The van der Waals surface area contributed by atoms with Crippen LogP contribution in [-0.2, 0) is 4.79 Å². The lowest BCUT2D eigenvalue weighted by Crippen LogP contribution is -2.09. The van der Waals surface area contributed by atoms with E-state index in [1.165, 1.54) is 24.3 Å². The average Bonchev–Trinajstić information content (AvgIpc) is 2.42. The van der Waals surface area contributed by atoms with Gasteiger partial charge in [-0.2, -0.15) is 0 Å². The van der Waals surface area contributed by atoms with E-state index in [1.807, 2.05) is 30.3 Å². The van der Waals surface area contributed by atoms with Gasteiger partial charge in [-0.25, -0.2) is 4.39 Å². The van der Waals surface area contributed by atoms with Crippen molar-refractivity contribution in [1.82, 2.24) is 0 Å². The van der Waals surface area contributed by atoms with Crippen molar-refractivity contribution in [2.45, 2.75) is 0 Å². The van der Waals surface area contributed by atoms with E-state index in [9.17, 15) is 9.18 Å². The summed E-state index contributed by atoms with van der Waals surface area (Å²) in [6, 6.07) is 13.4. The van der Waals surface area contributed by atoms with Gasteiger partial charge in [0.2, 0.25) is 5.91 Å². The summed E-state index contributed by atoms with van der Waals surface area (Å²) >= 11 is 5.74. The van der Waals surface area contributed by atoms with Crippen molar-refractivity contribution < 1.29 is 9.18 Å². The number of benzene rings is 2. The van der Waals surface area contributed by atoms with Gasteiger partial charge in [0.15, 0.2) is 0 Å². The van der Waals surface area contributed by atoms with Crippen LogP contribution in [0.3, 0.4) is 0 Å². The Hall–Kier alpha value is -2.13. The molecule has 19 heavy (non-hydrogen) atoms. The first-order valence-electron chi connectivity index (χ1n) is 5.64. The molecule has 96 valence electrons. The van der Waals surface area contributed by atoms with Crippen molar-refractivity contribution in [3.8, 4) is 0 Å². The SMILES string of the molecule is O=C(/C=C/c1ccccc1)Nc1cc(Cl)ccc1F. The third-order valence-corrected chi connectivity index (χ3v) is 2.65. The van der Waals surface area contributed by atoms with Gasteiger partial charge in [0.05, 0.1) is 5.69 Å². The number of hydrogen-bond acceptors (Lipinski definition) is 1. The molecule has 0 heterocycles. The molecule has 2 aromatic rings. The Morgan fingerprint density at radius 1 is 1.16 bits per heavy atom. The molecule has 2 nitrogen and oxygen atoms in total. The van der Waals surface area contributed by atoms with Gasteiger partial charge in [-0.3, -0.25) is 4.79 Å². The number of amides is 1. The molecule has 0 unspecified atom stereocenters. The standard InChI is InChI=1S/C15H11ClFNO/c16-12-7-8-13(17)14(10-12)18-15(19)9-6-11-4-2-1-3-5-11/h1-10H,(H,18,19)/b9-6+. The van der Waals surface area contributed by atoms with E-state index in [0.29, 0.717) is 5.02 Å². The van der Waals surface area contributed by atoms with Crippen molar-refractivity contribution in [2.75, 3.05) is 5.32 Å². The summed E-state index contributed by atoms with van der Waals surface area (Å²) in [4.78, 5) is 11.6. The summed E-state index contributed by atoms with van der Waals surface area (Å²) in [6.45, 7) is 0. The molecule has 1 N–H and O–H groups in total. The maximum absolute atomic E-state index is 13.4. The molecule has 0 saturated heterocycles. The summed E-state index contributed by atoms with van der Waals surface area (Å²) < 4.78 is 13.4. The van der Waals surface area contributed by atoms with E-state index in [-0.39, 0.29) is 5.69 Å². The minimum absolute atomic E-state index is 0.0650. The second kappa shape index (κ2) is 6.16. The van der Waals surface area contributed by atoms with Crippen LogP contribution < -0.4 is 5.32 Å². The van der Waals surface area contributed by atoms with Crippen LogP contribution in [-0.4, -0.2) is 5.91 Å². The monoisotopic (exact) mass is 275 g/mol. The molecule has 0 saturated carbocycles. The first kappa shape index (κ1) is 13.3. The number of hydrogen-bond donors (Lipinski definition) is 1. The van der Waals surface area contributed by atoms with Crippen LogP contribution >= 0.6 is 11.6 Å². The minimum atomic E-state index is -0.522. The highest BCUT2D eigenvalue weighted by Crippen LogP contribution is 2.19. The number of carbonyl (C=O) groups is 1. The Kier molecular flexibility index (Phi) is 4.31. The van der Waals surface area contributed by atoms with E-state index in [2.05, 4.69) is 5.32 Å². The second-order valence-corrected chi connectivity index (χ2v) is 4.29. The molecule has 0 aliphatic rings. The van der Waals surface area contributed by atoms with Crippen molar-refractivity contribution in [3.05, 3.63) is 71.0 Å². The zero-order valence-corrected chi connectivity index (χ0v) is 10.7. The van der Waals surface area contributed by atoms with Gasteiger partial charge in [0.25, 0.3) is 0 Å². The smallest absolute Gasteiger partial charge is 0.248 e. The van der Waals surface area contributed by atoms with E-state index >= 15 is 0 Å². The van der Waals surface area contributed by atoms with Crippen LogP contribution in [0.2, 0.25) is 5.02 Å². The molecule has 0 aliphatic heterocycles. The third kappa shape index (κ3) is 3.93. The molecular weight excluding hydrogens is 265 g/mol. The number of anilines is 1. The second-order valence-electron chi connectivity index (χ2n) is 3.86. The molecular formula is C15H11ClFNO. The Morgan fingerprint density at radius 2 is 1.89 bits per heavy atom. The topological polar surface area (TPSA) is 29.1 Å². The summed E-state index contributed by atoms with van der Waals surface area (Å²) in [5.74, 6) is -0.934. The van der Waals surface area contributed by atoms with Gasteiger partial charge in [-0.15, -0.1) is 0 Å². The Bertz CT molecular complexity index is 611. The van der Waals surface area contributed by atoms with Crippen molar-refractivity contribution in [3.63, 3.8) is 0 Å². The molecule has 0 aliphatic carbocycles. The maximum atomic E-state index is 13.4. The van der Waals surface area contributed by atoms with E-state index in [1.54, 1.807) is 6.08 Å². The van der Waals surface area contributed by atoms with Crippen LogP contribution in [0.4, 0.5) is 10.1 Å². The van der Waals surface area contributed by atoms with Gasteiger partial charge in [0.1, 0.15) is 5.82 Å². The van der Waals surface area contributed by atoms with Crippen LogP contribution in [0, 0.1) is 5.82 Å². The Labute approximate surface area is 115 Å². The fraction of sp³-hybridized carbons (Fsp3) is 0. The number of nitrogens with one attached hydrogen (secondary N) is 1. The van der Waals surface area contributed by atoms with E-state index in [0.717, 1.165) is 5.56 Å². The molecule has 0 fully saturated rings. The lowest BCUT2D eigenvalue weighted by Gasteiger charge is -2.04. The molecule has 1 amide bonds. The van der Waals surface area contributed by atoms with Gasteiger partial charge in [-0.1, -0.05) is 41.9 Å². The normalized spacial score (nSPS) is 10.6. The van der Waals surface area contributed by atoms with Crippen molar-refractivity contribution >= 4 is 29.3 Å². The molecule has 0 bridgehead atoms. The first-order valence-corrected chi connectivity index (χ1v) is 6.02. The summed E-state index contributed by atoms with van der Waals surface area (Å²) in [5.41, 5.74) is 0.958. The number of halogens is 2. The maximum Gasteiger partial charge on any atom is 0.248 e. The molecule has 0 spiro atoms. The van der Waals surface area contributed by atoms with Crippen LogP contribution in [0.5, 0.6) is 0 Å². The molecule has 2 aromatic carbocycles. The zero-order valence-electron chi connectivity index (χ0n) is 9.94. The molecule has 0 radical (unpaired) electrons. The van der Waals surface area contributed by atoms with Gasteiger partial charge in [0, 0.05) is 11.1 Å². The lowest BCUT2D eigenvalue weighted by atomic mass is 10.2. The van der Waals surface area contributed by atoms with E-state index in [4.69, 9.17) is 11.6 Å². The molecule has 2 rings (SSSR count). The lowest BCUT2D eigenvalue weighted by molar-refractivity contribution is -0.111. The third-order valence-electron chi connectivity index (χ3n) is 2.41. The molecule has 0 aromatic heterocycles. The number of carbonyl (C=O) groups excluding carboxylic acids is 1. The largest absolute Gasteiger partial charge is 0.320 e. The quantitative estimate of drug-likeness (QED) is 0.839. The summed E-state index contributed by atoms with van der Waals surface area (Å²) in [5, 5.41) is 2.80. The van der Waals surface area contributed by atoms with E-state index < -0.39 is 11.7 Å². The molecule has 4 heteroatoms. The minimum Gasteiger partial charge on any atom is -0.320 e. The Morgan fingerprint density at radius 3 is 2.63 bits per heavy atom. The summed E-state index contributed by atoms with van der Waals surface area (Å²) in [7, 11) is 0. The predicted octanol–water partition coefficient (Wildman–Crippen LogP) is 4.13. The molecule has 0 atom stereocenters.